The molecule has 0 fully saturated rings. The van der Waals surface area contributed by atoms with Gasteiger partial charge < -0.3 is 15.0 Å². The van der Waals surface area contributed by atoms with Gasteiger partial charge in [0.05, 0.1) is 12.2 Å². The number of nitrogens with one attached hydrogen (secondary N) is 2. The minimum Gasteiger partial charge on any atom is -0.493 e. The second-order valence-electron chi connectivity index (χ2n) is 7.94. The third-order valence-corrected chi connectivity index (χ3v) is 6.03. The van der Waals surface area contributed by atoms with E-state index < -0.39 is 0 Å². The monoisotopic (exact) mass is 398 g/mol. The third-order valence-electron chi connectivity index (χ3n) is 6.03. The van der Waals surface area contributed by atoms with E-state index in [4.69, 9.17) is 4.74 Å². The number of hydrogen-bond acceptors (Lipinski definition) is 2. The molecule has 4 aromatic rings. The van der Waals surface area contributed by atoms with E-state index in [0.29, 0.717) is 24.5 Å². The Morgan fingerprint density at radius 3 is 2.80 bits per heavy atom. The van der Waals surface area contributed by atoms with E-state index in [0.717, 1.165) is 29.2 Å². The number of aryl methyl sites for hydroxylation is 2. The smallest absolute Gasteiger partial charge is 0.255 e. The van der Waals surface area contributed by atoms with Gasteiger partial charge in [-0.1, -0.05) is 36.4 Å². The number of carbonyl (C=O) groups is 1. The maximum atomic E-state index is 13.2. The van der Waals surface area contributed by atoms with Gasteiger partial charge in [0.15, 0.2) is 0 Å². The summed E-state index contributed by atoms with van der Waals surface area (Å²) in [7, 11) is 0. The molecular weight excluding hydrogens is 372 g/mol. The van der Waals surface area contributed by atoms with Crippen molar-refractivity contribution in [3.63, 3.8) is 0 Å². The third kappa shape index (κ3) is 3.32. The molecule has 0 saturated heterocycles. The highest BCUT2D eigenvalue weighted by molar-refractivity contribution is 6.09. The van der Waals surface area contributed by atoms with E-state index >= 15 is 0 Å². The van der Waals surface area contributed by atoms with Gasteiger partial charge in [0.25, 0.3) is 5.91 Å². The fourth-order valence-corrected chi connectivity index (χ4v) is 4.60. The van der Waals surface area contributed by atoms with Crippen LogP contribution in [-0.2, 0) is 19.4 Å². The van der Waals surface area contributed by atoms with Crippen LogP contribution in [0, 0.1) is 0 Å². The Kier molecular flexibility index (Phi) is 4.91. The van der Waals surface area contributed by atoms with Gasteiger partial charge in [0.1, 0.15) is 5.75 Å². The Morgan fingerprint density at radius 2 is 1.90 bits per heavy atom. The highest BCUT2D eigenvalue weighted by atomic mass is 16.5. The molecule has 2 N–H and O–H groups in total. The summed E-state index contributed by atoms with van der Waals surface area (Å²) in [5.41, 5.74) is 5.76. The van der Waals surface area contributed by atoms with E-state index in [2.05, 4.69) is 28.5 Å². The van der Waals surface area contributed by atoms with Crippen molar-refractivity contribution in [2.24, 2.45) is 0 Å². The van der Waals surface area contributed by atoms with E-state index in [1.54, 1.807) is 0 Å². The molecule has 1 amide bonds. The molecule has 0 saturated carbocycles. The van der Waals surface area contributed by atoms with Gasteiger partial charge in [-0.05, 0) is 72.7 Å². The molecule has 30 heavy (non-hydrogen) atoms. The molecule has 0 atom stereocenters. The fourth-order valence-electron chi connectivity index (χ4n) is 4.60. The van der Waals surface area contributed by atoms with Gasteiger partial charge in [-0.2, -0.15) is 0 Å². The lowest BCUT2D eigenvalue weighted by Gasteiger charge is -2.14. The van der Waals surface area contributed by atoms with Gasteiger partial charge in [-0.25, -0.2) is 0 Å². The second kappa shape index (κ2) is 7.86. The summed E-state index contributed by atoms with van der Waals surface area (Å²) in [5.74, 6) is 0.523. The van der Waals surface area contributed by atoms with Crippen LogP contribution in [0.4, 0.5) is 0 Å². The molecule has 0 radical (unpaired) electrons. The minimum absolute atomic E-state index is 0.105. The van der Waals surface area contributed by atoms with Gasteiger partial charge in [0, 0.05) is 23.1 Å². The summed E-state index contributed by atoms with van der Waals surface area (Å²) < 4.78 is 5.76. The molecule has 4 heteroatoms. The van der Waals surface area contributed by atoms with Gasteiger partial charge >= 0.3 is 0 Å². The molecule has 1 aromatic heterocycles. The van der Waals surface area contributed by atoms with E-state index in [1.165, 1.54) is 35.0 Å². The average Bonchev–Trinajstić information content (AvgIpc) is 3.15. The molecule has 3 aromatic carbocycles. The number of carbonyl (C=O) groups excluding carboxylic acids is 1. The molecule has 0 bridgehead atoms. The number of benzene rings is 3. The number of fused-ring (bicyclic) bond motifs is 4. The highest BCUT2D eigenvalue weighted by Gasteiger charge is 2.18. The maximum Gasteiger partial charge on any atom is 0.255 e. The minimum atomic E-state index is -0.105. The average molecular weight is 399 g/mol. The first-order valence-corrected chi connectivity index (χ1v) is 10.8. The number of H-pyrrole nitrogens is 1. The zero-order valence-electron chi connectivity index (χ0n) is 17.3. The summed E-state index contributed by atoms with van der Waals surface area (Å²) in [6, 6.07) is 18.3. The highest BCUT2D eigenvalue weighted by Crippen LogP contribution is 2.30. The molecular formula is C26H26N2O2. The number of ether oxygens (including phenoxy) is 1. The molecule has 0 aliphatic heterocycles. The molecule has 1 aliphatic rings. The van der Waals surface area contributed by atoms with Gasteiger partial charge in [0.2, 0.25) is 0 Å². The summed E-state index contributed by atoms with van der Waals surface area (Å²) in [6.45, 7) is 2.95. The Morgan fingerprint density at radius 1 is 1.03 bits per heavy atom. The maximum absolute atomic E-state index is 13.2. The van der Waals surface area contributed by atoms with Gasteiger partial charge in [-0.15, -0.1) is 0 Å². The summed E-state index contributed by atoms with van der Waals surface area (Å²) in [4.78, 5) is 16.7. The molecule has 0 unspecified atom stereocenters. The van der Waals surface area contributed by atoms with Crippen molar-refractivity contribution in [1.29, 1.82) is 0 Å². The van der Waals surface area contributed by atoms with Crippen molar-refractivity contribution >= 4 is 27.6 Å². The Hall–Kier alpha value is -3.27. The molecule has 0 spiro atoms. The van der Waals surface area contributed by atoms with Crippen LogP contribution in [-0.4, -0.2) is 17.5 Å². The standard InChI is InChI=1S/C26H26N2O2/c1-2-30-24-14-12-18-7-3-4-8-19(18)25(24)26(29)27-16-17-11-13-23-21(15-17)20-9-5-6-10-22(20)28-23/h3-4,7-8,11-15,28H,2,5-6,9-10,16H2,1H3,(H,27,29). The SMILES string of the molecule is CCOc1ccc2ccccc2c1C(=O)NCc1ccc2[nH]c3c(c2c1)CCCC3. The summed E-state index contributed by atoms with van der Waals surface area (Å²) >= 11 is 0. The quantitative estimate of drug-likeness (QED) is 0.464. The number of amides is 1. The molecule has 1 heterocycles. The number of hydrogen-bond donors (Lipinski definition) is 2. The number of aromatic amines is 1. The van der Waals surface area contributed by atoms with Crippen molar-refractivity contribution in [1.82, 2.24) is 10.3 Å². The Bertz CT molecular complexity index is 1240. The fraction of sp³-hybridized carbons (Fsp3) is 0.269. The van der Waals surface area contributed by atoms with E-state index in [-0.39, 0.29) is 5.91 Å². The Balaban J connectivity index is 1.43. The molecule has 5 rings (SSSR count). The first-order chi connectivity index (χ1) is 14.7. The summed E-state index contributed by atoms with van der Waals surface area (Å²) in [5, 5.41) is 6.36. The number of aromatic nitrogens is 1. The van der Waals surface area contributed by atoms with Crippen molar-refractivity contribution in [2.75, 3.05) is 6.61 Å². The van der Waals surface area contributed by atoms with Crippen LogP contribution in [0.3, 0.4) is 0 Å². The zero-order valence-corrected chi connectivity index (χ0v) is 17.3. The van der Waals surface area contributed by atoms with Crippen LogP contribution in [0.2, 0.25) is 0 Å². The largest absolute Gasteiger partial charge is 0.493 e. The van der Waals surface area contributed by atoms with Crippen molar-refractivity contribution < 1.29 is 9.53 Å². The zero-order chi connectivity index (χ0) is 20.5. The van der Waals surface area contributed by atoms with Crippen LogP contribution in [0.25, 0.3) is 21.7 Å². The van der Waals surface area contributed by atoms with E-state index in [9.17, 15) is 4.79 Å². The lowest BCUT2D eigenvalue weighted by atomic mass is 9.95. The van der Waals surface area contributed by atoms with Crippen LogP contribution in [0.15, 0.2) is 54.6 Å². The van der Waals surface area contributed by atoms with Crippen molar-refractivity contribution in [2.45, 2.75) is 39.2 Å². The predicted molar refractivity (Wildman–Crippen MR) is 121 cm³/mol. The lowest BCUT2D eigenvalue weighted by Crippen LogP contribution is -2.23. The van der Waals surface area contributed by atoms with E-state index in [1.807, 2.05) is 43.3 Å². The topological polar surface area (TPSA) is 54.1 Å². The second-order valence-corrected chi connectivity index (χ2v) is 7.94. The molecule has 4 nitrogen and oxygen atoms in total. The predicted octanol–water partition coefficient (Wildman–Crippen LogP) is 5.53. The molecule has 152 valence electrons. The van der Waals surface area contributed by atoms with Crippen LogP contribution in [0.1, 0.15) is 46.9 Å². The molecule has 1 aliphatic carbocycles. The van der Waals surface area contributed by atoms with Crippen LogP contribution < -0.4 is 10.1 Å². The van der Waals surface area contributed by atoms with Crippen molar-refractivity contribution in [3.05, 3.63) is 77.0 Å². The Labute approximate surface area is 176 Å². The van der Waals surface area contributed by atoms with Crippen molar-refractivity contribution in [3.8, 4) is 5.75 Å². The lowest BCUT2D eigenvalue weighted by molar-refractivity contribution is 0.0949. The van der Waals surface area contributed by atoms with Crippen LogP contribution in [0.5, 0.6) is 5.75 Å². The van der Waals surface area contributed by atoms with Crippen LogP contribution >= 0.6 is 0 Å². The first kappa shape index (κ1) is 18.7. The van der Waals surface area contributed by atoms with Gasteiger partial charge in [-0.3, -0.25) is 4.79 Å². The number of rotatable bonds is 5. The normalized spacial score (nSPS) is 13.4. The first-order valence-electron chi connectivity index (χ1n) is 10.8. The summed E-state index contributed by atoms with van der Waals surface area (Å²) in [6.07, 6.45) is 4.79.